The van der Waals surface area contributed by atoms with Gasteiger partial charge < -0.3 is 11.1 Å². The largest absolute Gasteiger partial charge is 0.399 e. The predicted octanol–water partition coefficient (Wildman–Crippen LogP) is 1.76. The number of hydrogen-bond acceptors (Lipinski definition) is 3. The Morgan fingerprint density at radius 1 is 1.47 bits per heavy atom. The summed E-state index contributed by atoms with van der Waals surface area (Å²) in [5.74, 6) is 0.103. The highest BCUT2D eigenvalue weighted by atomic mass is 16.2. The molecule has 0 aliphatic heterocycles. The molecule has 1 aromatic carbocycles. The van der Waals surface area contributed by atoms with E-state index in [9.17, 15) is 4.79 Å². The maximum Gasteiger partial charge on any atom is 0.234 e. The lowest BCUT2D eigenvalue weighted by atomic mass is 10.2. The fourth-order valence-corrected chi connectivity index (χ4v) is 2.23. The molecule has 4 heteroatoms. The van der Waals surface area contributed by atoms with Gasteiger partial charge in [0.05, 0.1) is 6.54 Å². The lowest BCUT2D eigenvalue weighted by Gasteiger charge is -2.22. The Hall–Kier alpha value is -1.55. The average Bonchev–Trinajstić information content (AvgIpc) is 3.10. The van der Waals surface area contributed by atoms with Crippen molar-refractivity contribution in [2.75, 3.05) is 12.3 Å². The summed E-state index contributed by atoms with van der Waals surface area (Å²) in [4.78, 5) is 14.1. The zero-order chi connectivity index (χ0) is 13.8. The van der Waals surface area contributed by atoms with Crippen LogP contribution in [-0.2, 0) is 11.3 Å². The molecule has 1 aromatic rings. The van der Waals surface area contributed by atoms with Crippen molar-refractivity contribution in [3.63, 3.8) is 0 Å². The maximum atomic E-state index is 11.9. The van der Waals surface area contributed by atoms with Crippen molar-refractivity contribution >= 4 is 11.6 Å². The van der Waals surface area contributed by atoms with Gasteiger partial charge in [-0.2, -0.15) is 0 Å². The standard InChI is InChI=1S/C15H23N3O/c1-11(2)17-15(19)10-18(14-6-7-14)9-12-4-3-5-13(16)8-12/h3-5,8,11,14H,6-7,9-10,16H2,1-2H3,(H,17,19). The van der Waals surface area contributed by atoms with E-state index in [1.54, 1.807) is 0 Å². The third-order valence-corrected chi connectivity index (χ3v) is 3.20. The molecule has 4 nitrogen and oxygen atoms in total. The van der Waals surface area contributed by atoms with Crippen LogP contribution in [0.3, 0.4) is 0 Å². The fourth-order valence-electron chi connectivity index (χ4n) is 2.23. The molecule has 0 bridgehead atoms. The van der Waals surface area contributed by atoms with Crippen molar-refractivity contribution in [1.29, 1.82) is 0 Å². The zero-order valence-electron chi connectivity index (χ0n) is 11.7. The van der Waals surface area contributed by atoms with Gasteiger partial charge in [0.15, 0.2) is 0 Å². The first-order valence-corrected chi connectivity index (χ1v) is 6.92. The van der Waals surface area contributed by atoms with Crippen LogP contribution in [0, 0.1) is 0 Å². The van der Waals surface area contributed by atoms with E-state index in [2.05, 4.69) is 16.3 Å². The number of carbonyl (C=O) groups excluding carboxylic acids is 1. The minimum Gasteiger partial charge on any atom is -0.399 e. The number of benzene rings is 1. The smallest absolute Gasteiger partial charge is 0.234 e. The number of nitrogen functional groups attached to an aromatic ring is 1. The first-order chi connectivity index (χ1) is 9.04. The average molecular weight is 261 g/mol. The lowest BCUT2D eigenvalue weighted by molar-refractivity contribution is -0.123. The number of amides is 1. The molecule has 0 radical (unpaired) electrons. The second-order valence-corrected chi connectivity index (χ2v) is 5.60. The summed E-state index contributed by atoms with van der Waals surface area (Å²) in [6.45, 7) is 5.23. The third kappa shape index (κ3) is 4.56. The number of nitrogens with two attached hydrogens (primary N) is 1. The van der Waals surface area contributed by atoms with Crippen molar-refractivity contribution < 1.29 is 4.79 Å². The number of carbonyl (C=O) groups is 1. The van der Waals surface area contributed by atoms with Crippen molar-refractivity contribution in [3.05, 3.63) is 29.8 Å². The third-order valence-electron chi connectivity index (χ3n) is 3.20. The Kier molecular flexibility index (Phi) is 4.43. The van der Waals surface area contributed by atoms with Crippen LogP contribution < -0.4 is 11.1 Å². The van der Waals surface area contributed by atoms with Crippen LogP contribution in [0.15, 0.2) is 24.3 Å². The zero-order valence-corrected chi connectivity index (χ0v) is 11.7. The summed E-state index contributed by atoms with van der Waals surface area (Å²) in [6, 6.07) is 8.64. The highest BCUT2D eigenvalue weighted by Crippen LogP contribution is 2.28. The Bertz CT molecular complexity index is 441. The Morgan fingerprint density at radius 2 is 2.21 bits per heavy atom. The van der Waals surface area contributed by atoms with Crippen LogP contribution in [0.25, 0.3) is 0 Å². The normalized spacial score (nSPS) is 14.9. The molecular formula is C15H23N3O. The van der Waals surface area contributed by atoms with Gasteiger partial charge in [-0.3, -0.25) is 9.69 Å². The van der Waals surface area contributed by atoms with Gasteiger partial charge in [-0.1, -0.05) is 12.1 Å². The Balaban J connectivity index is 1.95. The van der Waals surface area contributed by atoms with E-state index in [1.807, 2.05) is 32.0 Å². The number of rotatable bonds is 6. The Morgan fingerprint density at radius 3 is 2.79 bits per heavy atom. The Labute approximate surface area is 115 Å². The van der Waals surface area contributed by atoms with E-state index >= 15 is 0 Å². The van der Waals surface area contributed by atoms with Crippen molar-refractivity contribution in [2.45, 2.75) is 45.3 Å². The molecule has 104 valence electrons. The van der Waals surface area contributed by atoms with Gasteiger partial charge in [0.2, 0.25) is 5.91 Å². The van der Waals surface area contributed by atoms with Gasteiger partial charge in [-0.15, -0.1) is 0 Å². The molecule has 1 aliphatic carbocycles. The molecule has 0 atom stereocenters. The van der Waals surface area contributed by atoms with Gasteiger partial charge >= 0.3 is 0 Å². The van der Waals surface area contributed by atoms with Crippen molar-refractivity contribution in [1.82, 2.24) is 10.2 Å². The minimum absolute atomic E-state index is 0.103. The SMILES string of the molecule is CC(C)NC(=O)CN(Cc1cccc(N)c1)C1CC1. The molecule has 19 heavy (non-hydrogen) atoms. The quantitative estimate of drug-likeness (QED) is 0.767. The lowest BCUT2D eigenvalue weighted by Crippen LogP contribution is -2.40. The first kappa shape index (κ1) is 13.9. The summed E-state index contributed by atoms with van der Waals surface area (Å²) < 4.78 is 0. The molecule has 0 aromatic heterocycles. The highest BCUT2D eigenvalue weighted by molar-refractivity contribution is 5.78. The summed E-state index contributed by atoms with van der Waals surface area (Å²) in [7, 11) is 0. The van der Waals surface area contributed by atoms with Gasteiger partial charge in [0.1, 0.15) is 0 Å². The molecule has 0 spiro atoms. The van der Waals surface area contributed by atoms with Crippen molar-refractivity contribution in [2.24, 2.45) is 0 Å². The molecule has 2 rings (SSSR count). The molecular weight excluding hydrogens is 238 g/mol. The van der Waals surface area contributed by atoms with E-state index in [-0.39, 0.29) is 11.9 Å². The van der Waals surface area contributed by atoms with Crippen LogP contribution in [-0.4, -0.2) is 29.4 Å². The van der Waals surface area contributed by atoms with Crippen LogP contribution in [0.1, 0.15) is 32.3 Å². The predicted molar refractivity (Wildman–Crippen MR) is 77.6 cm³/mol. The van der Waals surface area contributed by atoms with Gasteiger partial charge in [-0.25, -0.2) is 0 Å². The van der Waals surface area contributed by atoms with Crippen LogP contribution >= 0.6 is 0 Å². The molecule has 1 amide bonds. The summed E-state index contributed by atoms with van der Waals surface area (Å²) in [5, 5.41) is 2.95. The van der Waals surface area contributed by atoms with Gasteiger partial charge in [0.25, 0.3) is 0 Å². The molecule has 0 saturated heterocycles. The van der Waals surface area contributed by atoms with Crippen LogP contribution in [0.2, 0.25) is 0 Å². The number of nitrogens with zero attached hydrogens (tertiary/aromatic N) is 1. The van der Waals surface area contributed by atoms with E-state index < -0.39 is 0 Å². The summed E-state index contributed by atoms with van der Waals surface area (Å²) in [6.07, 6.45) is 2.38. The molecule has 0 unspecified atom stereocenters. The fraction of sp³-hybridized carbons (Fsp3) is 0.533. The number of hydrogen-bond donors (Lipinski definition) is 2. The topological polar surface area (TPSA) is 58.4 Å². The van der Waals surface area contributed by atoms with E-state index in [0.717, 1.165) is 12.2 Å². The van der Waals surface area contributed by atoms with E-state index in [0.29, 0.717) is 12.6 Å². The van der Waals surface area contributed by atoms with Gasteiger partial charge in [0, 0.05) is 24.3 Å². The van der Waals surface area contributed by atoms with Crippen molar-refractivity contribution in [3.8, 4) is 0 Å². The monoisotopic (exact) mass is 261 g/mol. The van der Waals surface area contributed by atoms with Crippen LogP contribution in [0.4, 0.5) is 5.69 Å². The van der Waals surface area contributed by atoms with E-state index in [1.165, 1.54) is 18.4 Å². The minimum atomic E-state index is 0.103. The van der Waals surface area contributed by atoms with Crippen LogP contribution in [0.5, 0.6) is 0 Å². The number of nitrogens with one attached hydrogen (secondary N) is 1. The van der Waals surface area contributed by atoms with E-state index in [4.69, 9.17) is 5.73 Å². The number of anilines is 1. The molecule has 0 heterocycles. The maximum absolute atomic E-state index is 11.9. The summed E-state index contributed by atoms with van der Waals surface area (Å²) >= 11 is 0. The molecule has 3 N–H and O–H groups in total. The molecule has 1 fully saturated rings. The van der Waals surface area contributed by atoms with Gasteiger partial charge in [-0.05, 0) is 44.4 Å². The second-order valence-electron chi connectivity index (χ2n) is 5.60. The highest BCUT2D eigenvalue weighted by Gasteiger charge is 2.30. The second kappa shape index (κ2) is 6.06. The molecule has 1 aliphatic rings. The first-order valence-electron chi connectivity index (χ1n) is 6.92. The molecule has 1 saturated carbocycles. The summed E-state index contributed by atoms with van der Waals surface area (Å²) in [5.41, 5.74) is 7.74.